The number of benzene rings is 3. The highest BCUT2D eigenvalue weighted by atomic mass is 32.2. The van der Waals surface area contributed by atoms with E-state index in [1.165, 1.54) is 12.1 Å². The molecule has 0 saturated heterocycles. The van der Waals surface area contributed by atoms with Crippen molar-refractivity contribution in [2.24, 2.45) is 0 Å². The Labute approximate surface area is 176 Å². The van der Waals surface area contributed by atoms with Gasteiger partial charge in [0.05, 0.1) is 25.2 Å². The molecule has 0 aliphatic heterocycles. The lowest BCUT2D eigenvalue weighted by atomic mass is 9.99. The van der Waals surface area contributed by atoms with Crippen molar-refractivity contribution < 1.29 is 22.3 Å². The molecule has 0 aliphatic carbocycles. The molecule has 0 spiro atoms. The van der Waals surface area contributed by atoms with Crippen LogP contribution >= 0.6 is 0 Å². The first-order valence-electron chi connectivity index (χ1n) is 9.38. The summed E-state index contributed by atoms with van der Waals surface area (Å²) in [5.41, 5.74) is 2.07. The van der Waals surface area contributed by atoms with Crippen molar-refractivity contribution in [2.75, 3.05) is 14.2 Å². The van der Waals surface area contributed by atoms with Crippen LogP contribution in [0.3, 0.4) is 0 Å². The monoisotopic (exact) mass is 429 g/mol. The Bertz CT molecular complexity index is 1100. The molecule has 1 unspecified atom stereocenters. The predicted octanol–water partition coefficient (Wildman–Crippen LogP) is 4.41. The molecule has 0 saturated carbocycles. The Balaban J connectivity index is 1.94. The second-order valence-electron chi connectivity index (χ2n) is 6.91. The van der Waals surface area contributed by atoms with Gasteiger partial charge in [-0.1, -0.05) is 24.3 Å². The van der Waals surface area contributed by atoms with E-state index in [2.05, 4.69) is 4.72 Å². The second-order valence-corrected chi connectivity index (χ2v) is 8.59. The van der Waals surface area contributed by atoms with E-state index < -0.39 is 21.9 Å². The molecule has 3 rings (SSSR count). The Hall–Kier alpha value is -2.90. The van der Waals surface area contributed by atoms with Crippen LogP contribution in [0.1, 0.15) is 22.7 Å². The van der Waals surface area contributed by atoms with Gasteiger partial charge >= 0.3 is 0 Å². The van der Waals surface area contributed by atoms with E-state index in [-0.39, 0.29) is 4.90 Å². The summed E-state index contributed by atoms with van der Waals surface area (Å²) in [4.78, 5) is 0.0529. The minimum Gasteiger partial charge on any atom is -0.497 e. The predicted molar refractivity (Wildman–Crippen MR) is 114 cm³/mol. The maximum Gasteiger partial charge on any atom is 0.241 e. The fraction of sp³-hybridized carbons (Fsp3) is 0.217. The minimum absolute atomic E-state index is 0.0529. The van der Waals surface area contributed by atoms with Crippen LogP contribution in [0.25, 0.3) is 0 Å². The number of sulfonamides is 1. The molecule has 0 bridgehead atoms. The molecule has 7 heteroatoms. The van der Waals surface area contributed by atoms with E-state index in [0.717, 1.165) is 22.9 Å². The molecule has 0 fully saturated rings. The van der Waals surface area contributed by atoms with E-state index in [4.69, 9.17) is 9.47 Å². The maximum absolute atomic E-state index is 13.4. The normalized spacial score (nSPS) is 12.4. The molecular weight excluding hydrogens is 405 g/mol. The number of nitrogens with one attached hydrogen (secondary N) is 1. The molecule has 0 aliphatic rings. The highest BCUT2D eigenvalue weighted by molar-refractivity contribution is 7.89. The van der Waals surface area contributed by atoms with E-state index >= 15 is 0 Å². The van der Waals surface area contributed by atoms with E-state index in [9.17, 15) is 12.8 Å². The van der Waals surface area contributed by atoms with Crippen LogP contribution < -0.4 is 14.2 Å². The Morgan fingerprint density at radius 2 is 1.47 bits per heavy atom. The smallest absolute Gasteiger partial charge is 0.241 e. The third-order valence-electron chi connectivity index (χ3n) is 4.84. The van der Waals surface area contributed by atoms with Crippen LogP contribution in [0.2, 0.25) is 0 Å². The summed E-state index contributed by atoms with van der Waals surface area (Å²) in [7, 11) is -0.711. The zero-order valence-electron chi connectivity index (χ0n) is 17.1. The Morgan fingerprint density at radius 1 is 0.900 bits per heavy atom. The van der Waals surface area contributed by atoms with Gasteiger partial charge in [0.2, 0.25) is 10.0 Å². The van der Waals surface area contributed by atoms with E-state index in [1.54, 1.807) is 33.3 Å². The first-order chi connectivity index (χ1) is 14.3. The van der Waals surface area contributed by atoms with E-state index in [0.29, 0.717) is 17.7 Å². The lowest BCUT2D eigenvalue weighted by Gasteiger charge is -2.21. The van der Waals surface area contributed by atoms with Crippen molar-refractivity contribution >= 4 is 10.0 Å². The molecule has 5 nitrogen and oxygen atoms in total. The molecule has 1 atom stereocenters. The van der Waals surface area contributed by atoms with Crippen molar-refractivity contribution in [2.45, 2.75) is 24.3 Å². The maximum atomic E-state index is 13.4. The summed E-state index contributed by atoms with van der Waals surface area (Å²) in [5, 5.41) is 0. The largest absolute Gasteiger partial charge is 0.497 e. The number of ether oxygens (including phenoxy) is 2. The SMILES string of the molecule is COc1ccc(CC(NS(=O)(=O)c2ccc(F)cc2C)c2ccc(OC)cc2)cc1. The molecule has 0 heterocycles. The standard InChI is InChI=1S/C23H24FNO4S/c1-16-14-19(24)8-13-23(16)30(26,27)25-22(18-6-11-21(29-3)12-7-18)15-17-4-9-20(28-2)10-5-17/h4-14,22,25H,15H2,1-3H3. The van der Waals surface area contributed by atoms with Crippen LogP contribution in [0, 0.1) is 12.7 Å². The van der Waals surface area contributed by atoms with Gasteiger partial charge in [0.15, 0.2) is 0 Å². The summed E-state index contributed by atoms with van der Waals surface area (Å²) in [6.45, 7) is 1.57. The van der Waals surface area contributed by atoms with Crippen LogP contribution in [-0.4, -0.2) is 22.6 Å². The van der Waals surface area contributed by atoms with Crippen LogP contribution in [0.4, 0.5) is 4.39 Å². The lowest BCUT2D eigenvalue weighted by molar-refractivity contribution is 0.414. The van der Waals surface area contributed by atoms with Crippen molar-refractivity contribution in [1.29, 1.82) is 0 Å². The third-order valence-corrected chi connectivity index (χ3v) is 6.47. The van der Waals surface area contributed by atoms with Gasteiger partial charge in [-0.3, -0.25) is 0 Å². The Kier molecular flexibility index (Phi) is 6.74. The zero-order valence-corrected chi connectivity index (χ0v) is 17.9. The van der Waals surface area contributed by atoms with Gasteiger partial charge in [-0.2, -0.15) is 0 Å². The molecule has 158 valence electrons. The van der Waals surface area contributed by atoms with Crippen LogP contribution in [-0.2, 0) is 16.4 Å². The minimum atomic E-state index is -3.88. The first kappa shape index (κ1) is 21.8. The third kappa shape index (κ3) is 5.17. The average molecular weight is 430 g/mol. The Morgan fingerprint density at radius 3 is 2.00 bits per heavy atom. The lowest BCUT2D eigenvalue weighted by Crippen LogP contribution is -2.30. The zero-order chi connectivity index (χ0) is 21.7. The molecule has 30 heavy (non-hydrogen) atoms. The number of rotatable bonds is 8. The van der Waals surface area contributed by atoms with Crippen molar-refractivity contribution in [3.8, 4) is 11.5 Å². The van der Waals surface area contributed by atoms with Gasteiger partial charge in [0.1, 0.15) is 17.3 Å². The topological polar surface area (TPSA) is 64.6 Å². The second kappa shape index (κ2) is 9.28. The van der Waals surface area contributed by atoms with Crippen molar-refractivity contribution in [3.05, 3.63) is 89.2 Å². The number of hydrogen-bond acceptors (Lipinski definition) is 4. The molecule has 3 aromatic carbocycles. The number of halogens is 1. The van der Waals surface area contributed by atoms with Gasteiger partial charge in [0.25, 0.3) is 0 Å². The van der Waals surface area contributed by atoms with Gasteiger partial charge in [-0.15, -0.1) is 0 Å². The van der Waals surface area contributed by atoms with Crippen LogP contribution in [0.15, 0.2) is 71.6 Å². The summed E-state index contributed by atoms with van der Waals surface area (Å²) >= 11 is 0. The highest BCUT2D eigenvalue weighted by Crippen LogP contribution is 2.26. The average Bonchev–Trinajstić information content (AvgIpc) is 2.73. The molecular formula is C23H24FNO4S. The fourth-order valence-electron chi connectivity index (χ4n) is 3.23. The summed E-state index contributed by atoms with van der Waals surface area (Å²) in [6, 6.07) is 17.8. The number of methoxy groups -OCH3 is 2. The van der Waals surface area contributed by atoms with Crippen molar-refractivity contribution in [1.82, 2.24) is 4.72 Å². The number of aryl methyl sites for hydroxylation is 1. The highest BCUT2D eigenvalue weighted by Gasteiger charge is 2.23. The van der Waals surface area contributed by atoms with Gasteiger partial charge < -0.3 is 9.47 Å². The first-order valence-corrected chi connectivity index (χ1v) is 10.9. The summed E-state index contributed by atoms with van der Waals surface area (Å²) < 4.78 is 52.8. The van der Waals surface area contributed by atoms with Gasteiger partial charge in [-0.25, -0.2) is 17.5 Å². The quantitative estimate of drug-likeness (QED) is 0.576. The van der Waals surface area contributed by atoms with E-state index in [1.807, 2.05) is 36.4 Å². The van der Waals surface area contributed by atoms with Gasteiger partial charge in [0, 0.05) is 0 Å². The molecule has 3 aromatic rings. The van der Waals surface area contributed by atoms with Gasteiger partial charge in [-0.05, 0) is 72.5 Å². The number of hydrogen-bond donors (Lipinski definition) is 1. The summed E-state index contributed by atoms with van der Waals surface area (Å²) in [5.74, 6) is 0.929. The molecule has 0 radical (unpaired) electrons. The fourth-order valence-corrected chi connectivity index (χ4v) is 4.68. The molecule has 0 aromatic heterocycles. The molecule has 0 amide bonds. The van der Waals surface area contributed by atoms with Crippen molar-refractivity contribution in [3.63, 3.8) is 0 Å². The molecule has 1 N–H and O–H groups in total. The van der Waals surface area contributed by atoms with Crippen LogP contribution in [0.5, 0.6) is 11.5 Å². The summed E-state index contributed by atoms with van der Waals surface area (Å²) in [6.07, 6.45) is 0.426.